The number of ether oxygens (including phenoxy) is 1. The lowest BCUT2D eigenvalue weighted by atomic mass is 9.82. The summed E-state index contributed by atoms with van der Waals surface area (Å²) in [4.78, 5) is 23.1. The number of anilines is 1. The third-order valence-electron chi connectivity index (χ3n) is 7.13. The number of carbonyl (C=O) groups is 1. The smallest absolute Gasteiger partial charge is 0.307 e. The van der Waals surface area contributed by atoms with Crippen LogP contribution in [0, 0.1) is 19.3 Å². The maximum absolute atomic E-state index is 11.7. The Hall–Kier alpha value is -3.12. The second kappa shape index (κ2) is 10.9. The summed E-state index contributed by atoms with van der Waals surface area (Å²) in [6, 6.07) is 9.71. The Kier molecular flexibility index (Phi) is 7.84. The predicted octanol–water partition coefficient (Wildman–Crippen LogP) is 6.29. The van der Waals surface area contributed by atoms with E-state index in [0.29, 0.717) is 18.9 Å². The normalized spacial score (nSPS) is 15.1. The van der Waals surface area contributed by atoms with Crippen LogP contribution in [0.1, 0.15) is 49.1 Å². The molecular formula is C29H34ClN3O3. The molecule has 1 aliphatic heterocycles. The lowest BCUT2D eigenvalue weighted by Gasteiger charge is -2.40. The minimum atomic E-state index is -0.855. The van der Waals surface area contributed by atoms with Crippen molar-refractivity contribution in [1.29, 1.82) is 0 Å². The molecule has 0 unspecified atom stereocenters. The van der Waals surface area contributed by atoms with Crippen molar-refractivity contribution in [2.75, 3.05) is 24.6 Å². The SMILES string of the molecule is Cc1cccc(Cl)c1CCOc1ccc(-c2cnc(C)c(CC(=O)O)c2N2CCC(C)(C)CC2)cn1. The summed E-state index contributed by atoms with van der Waals surface area (Å²) in [5.41, 5.74) is 6.80. The number of rotatable bonds is 8. The van der Waals surface area contributed by atoms with E-state index in [1.54, 1.807) is 6.20 Å². The molecule has 3 aromatic rings. The third kappa shape index (κ3) is 5.98. The molecule has 0 amide bonds. The molecule has 1 aromatic carbocycles. The van der Waals surface area contributed by atoms with E-state index in [4.69, 9.17) is 16.3 Å². The molecule has 0 atom stereocenters. The maximum atomic E-state index is 11.7. The average molecular weight is 508 g/mol. The Morgan fingerprint density at radius 2 is 1.83 bits per heavy atom. The van der Waals surface area contributed by atoms with Crippen molar-refractivity contribution < 1.29 is 14.6 Å². The largest absolute Gasteiger partial charge is 0.481 e. The van der Waals surface area contributed by atoms with Gasteiger partial charge in [-0.2, -0.15) is 0 Å². The van der Waals surface area contributed by atoms with Crippen LogP contribution in [-0.4, -0.2) is 40.7 Å². The van der Waals surface area contributed by atoms with Gasteiger partial charge in [-0.1, -0.05) is 37.6 Å². The van der Waals surface area contributed by atoms with Crippen molar-refractivity contribution in [2.45, 2.75) is 53.4 Å². The fraction of sp³-hybridized carbons (Fsp3) is 0.414. The molecule has 6 nitrogen and oxygen atoms in total. The number of hydrogen-bond donors (Lipinski definition) is 1. The molecule has 0 radical (unpaired) electrons. The molecule has 2 aromatic heterocycles. The second-order valence-corrected chi connectivity index (χ2v) is 10.7. The number of aromatic nitrogens is 2. The molecule has 0 saturated carbocycles. The van der Waals surface area contributed by atoms with Gasteiger partial charge in [0.15, 0.2) is 0 Å². The highest BCUT2D eigenvalue weighted by Gasteiger charge is 2.29. The van der Waals surface area contributed by atoms with Crippen LogP contribution in [-0.2, 0) is 17.6 Å². The number of halogens is 1. The zero-order valence-corrected chi connectivity index (χ0v) is 22.2. The summed E-state index contributed by atoms with van der Waals surface area (Å²) < 4.78 is 5.90. The lowest BCUT2D eigenvalue weighted by Crippen LogP contribution is -2.38. The first-order valence-corrected chi connectivity index (χ1v) is 12.8. The number of piperidine rings is 1. The summed E-state index contributed by atoms with van der Waals surface area (Å²) in [6.45, 7) is 10.7. The summed E-state index contributed by atoms with van der Waals surface area (Å²) >= 11 is 6.33. The number of hydrogen-bond acceptors (Lipinski definition) is 5. The molecular weight excluding hydrogens is 474 g/mol. The predicted molar refractivity (Wildman–Crippen MR) is 144 cm³/mol. The minimum Gasteiger partial charge on any atom is -0.481 e. The zero-order valence-electron chi connectivity index (χ0n) is 21.5. The van der Waals surface area contributed by atoms with Crippen LogP contribution in [0.15, 0.2) is 42.7 Å². The van der Waals surface area contributed by atoms with Crippen molar-refractivity contribution in [3.05, 3.63) is 70.1 Å². The van der Waals surface area contributed by atoms with Gasteiger partial charge in [-0.3, -0.25) is 9.78 Å². The topological polar surface area (TPSA) is 75.6 Å². The number of carboxylic acids is 1. The molecule has 1 saturated heterocycles. The van der Waals surface area contributed by atoms with Gasteiger partial charge in [0.05, 0.1) is 18.7 Å². The molecule has 0 spiro atoms. The first-order chi connectivity index (χ1) is 17.1. The zero-order chi connectivity index (χ0) is 25.9. The maximum Gasteiger partial charge on any atom is 0.307 e. The Morgan fingerprint density at radius 1 is 1.08 bits per heavy atom. The Morgan fingerprint density at radius 3 is 2.47 bits per heavy atom. The standard InChI is InChI=1S/C29H34ClN3O3/c1-19-6-5-7-25(30)22(19)10-15-36-26-9-8-21(17-32-26)24-18-31-20(2)23(16-27(34)35)28(24)33-13-11-29(3,4)12-14-33/h5-9,17-18H,10-16H2,1-4H3,(H,34,35). The van der Waals surface area contributed by atoms with E-state index in [1.165, 1.54) is 0 Å². The number of benzene rings is 1. The van der Waals surface area contributed by atoms with E-state index in [0.717, 1.165) is 70.2 Å². The Bertz CT molecular complexity index is 1210. The van der Waals surface area contributed by atoms with Crippen LogP contribution in [0.25, 0.3) is 11.1 Å². The summed E-state index contributed by atoms with van der Waals surface area (Å²) in [7, 11) is 0. The molecule has 1 N–H and O–H groups in total. The molecule has 1 fully saturated rings. The molecule has 3 heterocycles. The molecule has 7 heteroatoms. The number of aryl methyl sites for hydroxylation is 2. The summed E-state index contributed by atoms with van der Waals surface area (Å²) in [5, 5.41) is 10.4. The molecule has 0 aliphatic carbocycles. The minimum absolute atomic E-state index is 0.0576. The van der Waals surface area contributed by atoms with Crippen molar-refractivity contribution in [2.24, 2.45) is 5.41 Å². The molecule has 4 rings (SSSR count). The van der Waals surface area contributed by atoms with Crippen molar-refractivity contribution in [3.8, 4) is 17.0 Å². The fourth-order valence-corrected chi connectivity index (χ4v) is 5.09. The van der Waals surface area contributed by atoms with Gasteiger partial charge in [0.2, 0.25) is 5.88 Å². The van der Waals surface area contributed by atoms with Crippen LogP contribution in [0.2, 0.25) is 5.02 Å². The van der Waals surface area contributed by atoms with Gasteiger partial charge >= 0.3 is 5.97 Å². The molecule has 190 valence electrons. The van der Waals surface area contributed by atoms with Crippen LogP contribution in [0.5, 0.6) is 5.88 Å². The number of pyridine rings is 2. The highest BCUT2D eigenvalue weighted by Crippen LogP contribution is 2.39. The van der Waals surface area contributed by atoms with E-state index in [2.05, 4.69) is 28.7 Å². The lowest BCUT2D eigenvalue weighted by molar-refractivity contribution is -0.136. The molecule has 0 bridgehead atoms. The highest BCUT2D eigenvalue weighted by atomic mass is 35.5. The van der Waals surface area contributed by atoms with Gasteiger partial charge in [0.1, 0.15) is 0 Å². The van der Waals surface area contributed by atoms with E-state index in [9.17, 15) is 9.90 Å². The number of nitrogens with zero attached hydrogens (tertiary/aromatic N) is 3. The first-order valence-electron chi connectivity index (χ1n) is 12.4. The van der Waals surface area contributed by atoms with Gasteiger partial charge in [-0.05, 0) is 55.4 Å². The van der Waals surface area contributed by atoms with Gasteiger partial charge < -0.3 is 14.7 Å². The van der Waals surface area contributed by atoms with Gasteiger partial charge in [-0.25, -0.2) is 4.98 Å². The van der Waals surface area contributed by atoms with Crippen LogP contribution < -0.4 is 9.64 Å². The van der Waals surface area contributed by atoms with Crippen molar-refractivity contribution in [1.82, 2.24) is 9.97 Å². The fourth-order valence-electron chi connectivity index (χ4n) is 4.77. The number of carboxylic acid groups (broad SMARTS) is 1. The second-order valence-electron chi connectivity index (χ2n) is 10.3. The molecule has 1 aliphatic rings. The van der Waals surface area contributed by atoms with Crippen LogP contribution in [0.4, 0.5) is 5.69 Å². The van der Waals surface area contributed by atoms with E-state index in [-0.39, 0.29) is 11.8 Å². The number of aliphatic carboxylic acids is 1. The van der Waals surface area contributed by atoms with Crippen molar-refractivity contribution in [3.63, 3.8) is 0 Å². The average Bonchev–Trinajstić information content (AvgIpc) is 2.83. The molecule has 36 heavy (non-hydrogen) atoms. The third-order valence-corrected chi connectivity index (χ3v) is 7.48. The monoisotopic (exact) mass is 507 g/mol. The Balaban J connectivity index is 1.57. The van der Waals surface area contributed by atoms with Crippen LogP contribution >= 0.6 is 11.6 Å². The first kappa shape index (κ1) is 26.0. The summed E-state index contributed by atoms with van der Waals surface area (Å²) in [5.74, 6) is -0.318. The Labute approximate surface area is 218 Å². The van der Waals surface area contributed by atoms with Crippen molar-refractivity contribution >= 4 is 23.3 Å². The van der Waals surface area contributed by atoms with Crippen LogP contribution in [0.3, 0.4) is 0 Å². The highest BCUT2D eigenvalue weighted by molar-refractivity contribution is 6.31. The van der Waals surface area contributed by atoms with Gasteiger partial charge in [-0.15, -0.1) is 0 Å². The van der Waals surface area contributed by atoms with Gasteiger partial charge in [0, 0.05) is 65.4 Å². The summed E-state index contributed by atoms with van der Waals surface area (Å²) in [6.07, 6.45) is 6.37. The quantitative estimate of drug-likeness (QED) is 0.386. The van der Waals surface area contributed by atoms with E-state index < -0.39 is 5.97 Å². The van der Waals surface area contributed by atoms with E-state index >= 15 is 0 Å². The van der Waals surface area contributed by atoms with E-state index in [1.807, 2.05) is 50.4 Å². The van der Waals surface area contributed by atoms with Gasteiger partial charge in [0.25, 0.3) is 0 Å².